The maximum atomic E-state index is 6.14. The molecule has 1 saturated heterocycles. The van der Waals surface area contributed by atoms with Gasteiger partial charge in [-0.05, 0) is 6.07 Å². The number of hydrogen-bond donors (Lipinski definition) is 1. The molecule has 4 heteroatoms. The maximum absolute atomic E-state index is 6.14. The molecule has 0 aliphatic carbocycles. The number of nitrogens with two attached hydrogens (primary N) is 1. The zero-order chi connectivity index (χ0) is 13.1. The zero-order valence-electron chi connectivity index (χ0n) is 10.7. The van der Waals surface area contributed by atoms with Gasteiger partial charge in [0.15, 0.2) is 0 Å². The molecule has 1 aliphatic rings. The van der Waals surface area contributed by atoms with Gasteiger partial charge in [-0.15, -0.1) is 0 Å². The van der Waals surface area contributed by atoms with Gasteiger partial charge in [0.25, 0.3) is 0 Å². The number of rotatable bonds is 2. The summed E-state index contributed by atoms with van der Waals surface area (Å²) in [5.41, 5.74) is 9.82. The molecule has 0 saturated carbocycles. The van der Waals surface area contributed by atoms with Crippen molar-refractivity contribution in [2.75, 3.05) is 36.9 Å². The number of nitrogen functional groups attached to an aromatic ring is 1. The van der Waals surface area contributed by atoms with Crippen LogP contribution in [0.1, 0.15) is 0 Å². The number of ether oxygens (including phenoxy) is 1. The molecule has 1 aromatic heterocycles. The van der Waals surface area contributed by atoms with Gasteiger partial charge in [-0.1, -0.05) is 30.3 Å². The summed E-state index contributed by atoms with van der Waals surface area (Å²) < 4.78 is 5.35. The van der Waals surface area contributed by atoms with Crippen molar-refractivity contribution in [2.45, 2.75) is 0 Å². The van der Waals surface area contributed by atoms with Gasteiger partial charge in [-0.25, -0.2) is 0 Å². The van der Waals surface area contributed by atoms with Crippen LogP contribution in [0.2, 0.25) is 0 Å². The van der Waals surface area contributed by atoms with Crippen molar-refractivity contribution in [3.8, 4) is 11.3 Å². The lowest BCUT2D eigenvalue weighted by Crippen LogP contribution is -2.36. The second kappa shape index (κ2) is 5.28. The number of anilines is 2. The highest BCUT2D eigenvalue weighted by Gasteiger charge is 2.13. The molecule has 1 fully saturated rings. The SMILES string of the molecule is Nc1cc(N2CCOCC2)cnc1-c1ccccc1. The number of benzene rings is 1. The molecule has 4 nitrogen and oxygen atoms in total. The quantitative estimate of drug-likeness (QED) is 0.893. The number of hydrogen-bond acceptors (Lipinski definition) is 4. The van der Waals surface area contributed by atoms with E-state index in [2.05, 4.69) is 9.88 Å². The van der Waals surface area contributed by atoms with Gasteiger partial charge in [-0.2, -0.15) is 0 Å². The fourth-order valence-corrected chi connectivity index (χ4v) is 2.30. The largest absolute Gasteiger partial charge is 0.397 e. The summed E-state index contributed by atoms with van der Waals surface area (Å²) in [6.45, 7) is 3.32. The molecule has 19 heavy (non-hydrogen) atoms. The van der Waals surface area contributed by atoms with Gasteiger partial charge in [0, 0.05) is 18.7 Å². The first-order chi connectivity index (χ1) is 9.34. The molecule has 1 aromatic carbocycles. The number of nitrogens with zero attached hydrogens (tertiary/aromatic N) is 2. The van der Waals surface area contributed by atoms with Crippen molar-refractivity contribution in [3.05, 3.63) is 42.6 Å². The van der Waals surface area contributed by atoms with Crippen molar-refractivity contribution in [1.82, 2.24) is 4.98 Å². The third-order valence-corrected chi connectivity index (χ3v) is 3.33. The van der Waals surface area contributed by atoms with Crippen molar-refractivity contribution in [2.24, 2.45) is 0 Å². The van der Waals surface area contributed by atoms with E-state index in [9.17, 15) is 0 Å². The molecule has 0 atom stereocenters. The summed E-state index contributed by atoms with van der Waals surface area (Å²) in [4.78, 5) is 6.77. The number of aromatic nitrogens is 1. The third kappa shape index (κ3) is 2.53. The Bertz CT molecular complexity index is 551. The lowest BCUT2D eigenvalue weighted by Gasteiger charge is -2.28. The van der Waals surface area contributed by atoms with Crippen LogP contribution in [0.15, 0.2) is 42.6 Å². The smallest absolute Gasteiger partial charge is 0.0932 e. The van der Waals surface area contributed by atoms with Crippen LogP contribution in [0.4, 0.5) is 11.4 Å². The highest BCUT2D eigenvalue weighted by Crippen LogP contribution is 2.27. The molecule has 2 heterocycles. The Morgan fingerprint density at radius 3 is 2.53 bits per heavy atom. The van der Waals surface area contributed by atoms with E-state index in [1.165, 1.54) is 0 Å². The van der Waals surface area contributed by atoms with Gasteiger partial charge < -0.3 is 15.4 Å². The summed E-state index contributed by atoms with van der Waals surface area (Å²) in [5, 5.41) is 0. The summed E-state index contributed by atoms with van der Waals surface area (Å²) in [6.07, 6.45) is 1.89. The lowest BCUT2D eigenvalue weighted by molar-refractivity contribution is 0.122. The van der Waals surface area contributed by atoms with Crippen LogP contribution < -0.4 is 10.6 Å². The molecule has 3 rings (SSSR count). The van der Waals surface area contributed by atoms with Crippen LogP contribution in [-0.2, 0) is 4.74 Å². The summed E-state index contributed by atoms with van der Waals surface area (Å²) in [7, 11) is 0. The highest BCUT2D eigenvalue weighted by molar-refractivity contribution is 5.75. The fraction of sp³-hybridized carbons (Fsp3) is 0.267. The van der Waals surface area contributed by atoms with Crippen molar-refractivity contribution >= 4 is 11.4 Å². The van der Waals surface area contributed by atoms with E-state index in [1.807, 2.05) is 42.6 Å². The lowest BCUT2D eigenvalue weighted by atomic mass is 10.1. The first-order valence-electron chi connectivity index (χ1n) is 6.48. The van der Waals surface area contributed by atoms with E-state index in [0.29, 0.717) is 0 Å². The van der Waals surface area contributed by atoms with Crippen LogP contribution in [-0.4, -0.2) is 31.3 Å². The number of morpholine rings is 1. The predicted octanol–water partition coefficient (Wildman–Crippen LogP) is 2.17. The normalized spacial score (nSPS) is 15.5. The van der Waals surface area contributed by atoms with E-state index in [4.69, 9.17) is 10.5 Å². The minimum atomic E-state index is 0.718. The average molecular weight is 255 g/mol. The molecule has 0 spiro atoms. The predicted molar refractivity (Wildman–Crippen MR) is 77.1 cm³/mol. The zero-order valence-corrected chi connectivity index (χ0v) is 10.7. The molecule has 98 valence electrons. The Balaban J connectivity index is 1.89. The molecule has 0 unspecified atom stereocenters. The van der Waals surface area contributed by atoms with Gasteiger partial charge in [0.1, 0.15) is 0 Å². The minimum Gasteiger partial charge on any atom is -0.397 e. The van der Waals surface area contributed by atoms with Crippen LogP contribution in [0.25, 0.3) is 11.3 Å². The van der Waals surface area contributed by atoms with Crippen LogP contribution in [0.5, 0.6) is 0 Å². The van der Waals surface area contributed by atoms with Crippen molar-refractivity contribution in [1.29, 1.82) is 0 Å². The van der Waals surface area contributed by atoms with E-state index in [-0.39, 0.29) is 0 Å². The molecule has 0 radical (unpaired) electrons. The Morgan fingerprint density at radius 1 is 1.11 bits per heavy atom. The van der Waals surface area contributed by atoms with E-state index in [0.717, 1.165) is 48.9 Å². The van der Waals surface area contributed by atoms with Gasteiger partial charge >= 0.3 is 0 Å². The summed E-state index contributed by atoms with van der Waals surface area (Å²) in [6, 6.07) is 12.0. The minimum absolute atomic E-state index is 0.718. The Labute approximate surface area is 112 Å². The highest BCUT2D eigenvalue weighted by atomic mass is 16.5. The number of pyridine rings is 1. The van der Waals surface area contributed by atoms with Crippen LogP contribution in [0.3, 0.4) is 0 Å². The van der Waals surface area contributed by atoms with E-state index in [1.54, 1.807) is 0 Å². The molecular weight excluding hydrogens is 238 g/mol. The van der Waals surface area contributed by atoms with Gasteiger partial charge in [0.2, 0.25) is 0 Å². The standard InChI is InChI=1S/C15H17N3O/c16-14-10-13(18-6-8-19-9-7-18)11-17-15(14)12-4-2-1-3-5-12/h1-5,10-11H,6-9,16H2. The maximum Gasteiger partial charge on any atom is 0.0932 e. The topological polar surface area (TPSA) is 51.4 Å². The van der Waals surface area contributed by atoms with E-state index < -0.39 is 0 Å². The summed E-state index contributed by atoms with van der Waals surface area (Å²) >= 11 is 0. The molecule has 2 aromatic rings. The average Bonchev–Trinajstić information content (AvgIpc) is 2.49. The van der Waals surface area contributed by atoms with Crippen LogP contribution >= 0.6 is 0 Å². The van der Waals surface area contributed by atoms with Crippen molar-refractivity contribution < 1.29 is 4.74 Å². The molecule has 0 bridgehead atoms. The molecule has 2 N–H and O–H groups in total. The first kappa shape index (κ1) is 12.0. The molecular formula is C15H17N3O. The molecule has 0 amide bonds. The first-order valence-corrected chi connectivity index (χ1v) is 6.48. The van der Waals surface area contributed by atoms with Crippen LogP contribution in [0, 0.1) is 0 Å². The molecule has 1 aliphatic heterocycles. The second-order valence-electron chi connectivity index (χ2n) is 4.60. The Kier molecular flexibility index (Phi) is 3.33. The monoisotopic (exact) mass is 255 g/mol. The second-order valence-corrected chi connectivity index (χ2v) is 4.60. The summed E-state index contributed by atoms with van der Waals surface area (Å²) in [5.74, 6) is 0. The third-order valence-electron chi connectivity index (χ3n) is 3.33. The fourth-order valence-electron chi connectivity index (χ4n) is 2.30. The van der Waals surface area contributed by atoms with Crippen molar-refractivity contribution in [3.63, 3.8) is 0 Å². The Hall–Kier alpha value is -2.07. The van der Waals surface area contributed by atoms with Gasteiger partial charge in [-0.3, -0.25) is 4.98 Å². The van der Waals surface area contributed by atoms with Gasteiger partial charge in [0.05, 0.1) is 36.5 Å². The van der Waals surface area contributed by atoms with E-state index >= 15 is 0 Å². The Morgan fingerprint density at radius 2 is 1.84 bits per heavy atom.